The van der Waals surface area contributed by atoms with E-state index in [0.717, 1.165) is 0 Å². The van der Waals surface area contributed by atoms with E-state index in [1.807, 2.05) is 11.3 Å². The fourth-order valence-electron chi connectivity index (χ4n) is 3.67. The van der Waals surface area contributed by atoms with E-state index >= 15 is 0 Å². The number of thiazole rings is 1. The average molecular weight is 373 g/mol. The van der Waals surface area contributed by atoms with Crippen molar-refractivity contribution in [1.29, 1.82) is 0 Å². The Morgan fingerprint density at radius 3 is 1.81 bits per heavy atom. The van der Waals surface area contributed by atoms with Crippen molar-refractivity contribution >= 4 is 21.6 Å². The van der Waals surface area contributed by atoms with Gasteiger partial charge in [0, 0.05) is 12.0 Å². The van der Waals surface area contributed by atoms with Crippen molar-refractivity contribution in [1.82, 2.24) is 0 Å². The van der Waals surface area contributed by atoms with Crippen LogP contribution in [0.1, 0.15) is 44.7 Å². The van der Waals surface area contributed by atoms with Gasteiger partial charge in [-0.1, -0.05) is 79.8 Å². The Morgan fingerprint density at radius 1 is 0.667 bits per heavy atom. The van der Waals surface area contributed by atoms with E-state index in [2.05, 4.69) is 105 Å². The quantitative estimate of drug-likeness (QED) is 0.333. The molecule has 0 bridgehead atoms. The van der Waals surface area contributed by atoms with Crippen LogP contribution in [0.4, 0.5) is 0 Å². The second-order valence-corrected chi connectivity index (χ2v) is 8.75. The molecule has 4 aromatic rings. The molecule has 3 aromatic carbocycles. The highest BCUT2D eigenvalue weighted by Crippen LogP contribution is 2.32. The lowest BCUT2D eigenvalue weighted by molar-refractivity contribution is -0.695. The minimum Gasteiger partial charge on any atom is -0.184 e. The Labute approximate surface area is 165 Å². The van der Waals surface area contributed by atoms with Gasteiger partial charge in [0.05, 0.1) is 0 Å². The molecule has 4 rings (SSSR count). The summed E-state index contributed by atoms with van der Waals surface area (Å²) >= 11 is 1.93. The SMILES string of the molecule is CC(C)c1sc2cc(-c3ccc(-c4ccccc4)cc3)ccc2[n+]1C(C)C. The number of aromatic nitrogens is 1. The number of nitrogens with zero attached hydrogens (tertiary/aromatic N) is 1. The van der Waals surface area contributed by atoms with Gasteiger partial charge >= 0.3 is 0 Å². The summed E-state index contributed by atoms with van der Waals surface area (Å²) in [5, 5.41) is 1.46. The van der Waals surface area contributed by atoms with Gasteiger partial charge in [-0.25, -0.2) is 0 Å². The molecule has 0 atom stereocenters. The minimum absolute atomic E-state index is 0.479. The molecular formula is C25H26NS+. The number of fused-ring (bicyclic) bond motifs is 1. The average Bonchev–Trinajstić information content (AvgIpc) is 3.08. The molecule has 0 N–H and O–H groups in total. The molecule has 0 radical (unpaired) electrons. The molecule has 1 aromatic heterocycles. The zero-order valence-electron chi connectivity index (χ0n) is 16.4. The van der Waals surface area contributed by atoms with Crippen molar-refractivity contribution in [3.63, 3.8) is 0 Å². The van der Waals surface area contributed by atoms with E-state index in [4.69, 9.17) is 0 Å². The lowest BCUT2D eigenvalue weighted by Gasteiger charge is -2.06. The van der Waals surface area contributed by atoms with Gasteiger partial charge in [-0.05, 0) is 48.2 Å². The lowest BCUT2D eigenvalue weighted by Crippen LogP contribution is -2.39. The Bertz CT molecular complexity index is 1060. The molecular weight excluding hydrogens is 346 g/mol. The highest BCUT2D eigenvalue weighted by atomic mass is 32.1. The summed E-state index contributed by atoms with van der Waals surface area (Å²) in [5.74, 6) is 0.540. The molecule has 0 unspecified atom stereocenters. The van der Waals surface area contributed by atoms with Gasteiger partial charge in [-0.2, -0.15) is 4.57 Å². The number of rotatable bonds is 4. The third-order valence-corrected chi connectivity index (χ3v) is 6.43. The Hall–Kier alpha value is -2.45. The Balaban J connectivity index is 1.74. The number of benzene rings is 3. The van der Waals surface area contributed by atoms with Gasteiger partial charge < -0.3 is 0 Å². The van der Waals surface area contributed by atoms with Gasteiger partial charge in [0.15, 0.2) is 6.04 Å². The van der Waals surface area contributed by atoms with Crippen molar-refractivity contribution in [2.45, 2.75) is 39.7 Å². The Morgan fingerprint density at radius 2 is 1.22 bits per heavy atom. The lowest BCUT2D eigenvalue weighted by atomic mass is 10.0. The van der Waals surface area contributed by atoms with Crippen LogP contribution in [0.15, 0.2) is 72.8 Å². The summed E-state index contributed by atoms with van der Waals surface area (Å²) in [5.41, 5.74) is 6.43. The summed E-state index contributed by atoms with van der Waals surface area (Å²) in [6.45, 7) is 9.11. The minimum atomic E-state index is 0.479. The number of hydrogen-bond donors (Lipinski definition) is 0. The maximum atomic E-state index is 2.49. The maximum Gasteiger partial charge on any atom is 0.241 e. The smallest absolute Gasteiger partial charge is 0.184 e. The Kier molecular flexibility index (Phi) is 4.84. The van der Waals surface area contributed by atoms with E-state index < -0.39 is 0 Å². The molecule has 0 aliphatic carbocycles. The summed E-state index contributed by atoms with van der Waals surface area (Å²) in [4.78, 5) is 0. The third-order valence-electron chi connectivity index (χ3n) is 5.01. The van der Waals surface area contributed by atoms with Gasteiger partial charge in [0.25, 0.3) is 0 Å². The molecule has 0 spiro atoms. The predicted molar refractivity (Wildman–Crippen MR) is 117 cm³/mol. The van der Waals surface area contributed by atoms with Crippen LogP contribution in [0.2, 0.25) is 0 Å². The fraction of sp³-hybridized carbons (Fsp3) is 0.240. The van der Waals surface area contributed by atoms with E-state index in [1.54, 1.807) is 0 Å². The van der Waals surface area contributed by atoms with E-state index in [9.17, 15) is 0 Å². The summed E-state index contributed by atoms with van der Waals surface area (Å²) < 4.78 is 3.87. The first-order valence-electron chi connectivity index (χ1n) is 9.68. The van der Waals surface area contributed by atoms with Crippen LogP contribution >= 0.6 is 11.3 Å². The molecule has 0 saturated carbocycles. The maximum absolute atomic E-state index is 2.49. The normalized spacial score (nSPS) is 11.6. The molecule has 0 amide bonds. The van der Waals surface area contributed by atoms with Crippen molar-refractivity contribution in [3.8, 4) is 22.3 Å². The van der Waals surface area contributed by atoms with Crippen LogP contribution in [-0.4, -0.2) is 0 Å². The molecule has 0 aliphatic rings. The topological polar surface area (TPSA) is 3.88 Å². The fourth-order valence-corrected chi connectivity index (χ4v) is 4.99. The molecule has 136 valence electrons. The van der Waals surface area contributed by atoms with Crippen LogP contribution in [0.3, 0.4) is 0 Å². The second-order valence-electron chi connectivity index (χ2n) is 7.68. The second kappa shape index (κ2) is 7.28. The summed E-state index contributed by atoms with van der Waals surface area (Å²) in [7, 11) is 0. The van der Waals surface area contributed by atoms with Gasteiger partial charge in [0.1, 0.15) is 4.70 Å². The monoisotopic (exact) mass is 372 g/mol. The van der Waals surface area contributed by atoms with E-state index in [-0.39, 0.29) is 0 Å². The third kappa shape index (κ3) is 3.42. The van der Waals surface area contributed by atoms with Crippen molar-refractivity contribution in [2.24, 2.45) is 0 Å². The standard InChI is InChI=1S/C25H26NS/c1-17(2)25-26(18(3)4)23-15-14-22(16-24(23)27-25)21-12-10-20(11-13-21)19-8-6-5-7-9-19/h5-18H,1-4H3/q+1. The van der Waals surface area contributed by atoms with Crippen LogP contribution < -0.4 is 4.57 Å². The molecule has 1 heterocycles. The first kappa shape index (κ1) is 17.9. The first-order chi connectivity index (χ1) is 13.0. The zero-order valence-corrected chi connectivity index (χ0v) is 17.3. The highest BCUT2D eigenvalue weighted by molar-refractivity contribution is 7.18. The van der Waals surface area contributed by atoms with Gasteiger partial charge in [0.2, 0.25) is 10.5 Å². The van der Waals surface area contributed by atoms with Gasteiger partial charge in [-0.3, -0.25) is 0 Å². The van der Waals surface area contributed by atoms with Crippen molar-refractivity contribution < 1.29 is 4.57 Å². The van der Waals surface area contributed by atoms with E-state index in [1.165, 1.54) is 37.5 Å². The largest absolute Gasteiger partial charge is 0.241 e. The zero-order chi connectivity index (χ0) is 19.0. The number of hydrogen-bond acceptors (Lipinski definition) is 1. The summed E-state index contributed by atoms with van der Waals surface area (Å²) in [6.07, 6.45) is 0. The van der Waals surface area contributed by atoms with Crippen LogP contribution in [0.5, 0.6) is 0 Å². The molecule has 0 fully saturated rings. The van der Waals surface area contributed by atoms with Crippen molar-refractivity contribution in [3.05, 3.63) is 77.8 Å². The van der Waals surface area contributed by atoms with Gasteiger partial charge in [-0.15, -0.1) is 0 Å². The van der Waals surface area contributed by atoms with Crippen LogP contribution in [-0.2, 0) is 0 Å². The van der Waals surface area contributed by atoms with Crippen LogP contribution in [0.25, 0.3) is 32.5 Å². The molecule has 2 heteroatoms. The highest BCUT2D eigenvalue weighted by Gasteiger charge is 2.25. The first-order valence-corrected chi connectivity index (χ1v) is 10.5. The molecule has 0 aliphatic heterocycles. The predicted octanol–water partition coefficient (Wildman–Crippen LogP) is 7.23. The van der Waals surface area contributed by atoms with E-state index in [0.29, 0.717) is 12.0 Å². The van der Waals surface area contributed by atoms with Crippen molar-refractivity contribution in [2.75, 3.05) is 0 Å². The molecule has 1 nitrogen and oxygen atoms in total. The molecule has 0 saturated heterocycles. The molecule has 27 heavy (non-hydrogen) atoms. The van der Waals surface area contributed by atoms with Crippen LogP contribution in [0, 0.1) is 0 Å². The summed E-state index contributed by atoms with van der Waals surface area (Å²) in [6, 6.07) is 26.8.